The fraction of sp³-hybridized carbons (Fsp3) is 0.588. The molecule has 1 aliphatic carbocycles. The quantitative estimate of drug-likeness (QED) is 0.797. The summed E-state index contributed by atoms with van der Waals surface area (Å²) in [6, 6.07) is 5.84. The summed E-state index contributed by atoms with van der Waals surface area (Å²) in [4.78, 5) is 12.4. The van der Waals surface area contributed by atoms with Gasteiger partial charge in [-0.1, -0.05) is 19.8 Å². The Hall–Kier alpha value is -1.71. The molecule has 1 heterocycles. The van der Waals surface area contributed by atoms with Crippen molar-refractivity contribution in [3.05, 3.63) is 23.8 Å². The summed E-state index contributed by atoms with van der Waals surface area (Å²) >= 11 is 0. The van der Waals surface area contributed by atoms with E-state index in [0.29, 0.717) is 5.41 Å². The highest BCUT2D eigenvalue weighted by Gasteiger charge is 2.32. The van der Waals surface area contributed by atoms with Crippen molar-refractivity contribution >= 4 is 17.3 Å². The van der Waals surface area contributed by atoms with Gasteiger partial charge in [0.15, 0.2) is 0 Å². The number of rotatable bonds is 4. The van der Waals surface area contributed by atoms with E-state index in [1.54, 1.807) is 0 Å². The van der Waals surface area contributed by atoms with Gasteiger partial charge in [-0.25, -0.2) is 0 Å². The molecule has 1 amide bonds. The van der Waals surface area contributed by atoms with Crippen molar-refractivity contribution in [2.45, 2.75) is 39.0 Å². The molecule has 0 spiro atoms. The molecular weight excluding hydrogens is 262 g/mol. The number of hydrogen-bond acceptors (Lipinski definition) is 3. The van der Waals surface area contributed by atoms with Crippen LogP contribution in [0.2, 0.25) is 0 Å². The first-order valence-corrected chi connectivity index (χ1v) is 8.12. The Balaban J connectivity index is 1.65. The van der Waals surface area contributed by atoms with Gasteiger partial charge in [0.05, 0.1) is 11.4 Å². The van der Waals surface area contributed by atoms with E-state index < -0.39 is 0 Å². The molecule has 1 saturated carbocycles. The van der Waals surface area contributed by atoms with Crippen LogP contribution < -0.4 is 16.0 Å². The van der Waals surface area contributed by atoms with Crippen LogP contribution in [0, 0.1) is 5.41 Å². The van der Waals surface area contributed by atoms with Gasteiger partial charge in [-0.15, -0.1) is 0 Å². The molecule has 0 radical (unpaired) electrons. The van der Waals surface area contributed by atoms with Crippen LogP contribution in [0.5, 0.6) is 0 Å². The molecule has 114 valence electrons. The average molecular weight is 287 g/mol. The number of hydrogen-bond donors (Lipinski definition) is 3. The van der Waals surface area contributed by atoms with Crippen LogP contribution in [-0.4, -0.2) is 25.5 Å². The minimum absolute atomic E-state index is 0.0462. The molecule has 1 aromatic rings. The summed E-state index contributed by atoms with van der Waals surface area (Å²) in [6.45, 7) is 4.88. The first kappa shape index (κ1) is 14.2. The molecule has 1 fully saturated rings. The minimum atomic E-state index is 0.0462. The summed E-state index contributed by atoms with van der Waals surface area (Å²) in [5, 5.41) is 9.81. The normalized spacial score (nSPS) is 19.3. The molecule has 0 saturated heterocycles. The first-order valence-electron chi connectivity index (χ1n) is 8.12. The lowest BCUT2D eigenvalue weighted by Crippen LogP contribution is -2.35. The van der Waals surface area contributed by atoms with Crippen LogP contribution in [0.15, 0.2) is 18.2 Å². The van der Waals surface area contributed by atoms with Gasteiger partial charge in [-0.3, -0.25) is 4.79 Å². The van der Waals surface area contributed by atoms with E-state index in [4.69, 9.17) is 0 Å². The van der Waals surface area contributed by atoms with E-state index in [-0.39, 0.29) is 5.91 Å². The highest BCUT2D eigenvalue weighted by Crippen LogP contribution is 2.40. The van der Waals surface area contributed by atoms with Crippen molar-refractivity contribution < 1.29 is 4.79 Å². The van der Waals surface area contributed by atoms with Crippen molar-refractivity contribution in [2.24, 2.45) is 5.41 Å². The van der Waals surface area contributed by atoms with Gasteiger partial charge in [0.25, 0.3) is 5.91 Å². The smallest absolute Gasteiger partial charge is 0.251 e. The van der Waals surface area contributed by atoms with E-state index in [0.717, 1.165) is 43.0 Å². The predicted molar refractivity (Wildman–Crippen MR) is 86.9 cm³/mol. The topological polar surface area (TPSA) is 53.2 Å². The summed E-state index contributed by atoms with van der Waals surface area (Å²) < 4.78 is 0. The molecule has 0 atom stereocenters. The monoisotopic (exact) mass is 287 g/mol. The zero-order valence-corrected chi connectivity index (χ0v) is 12.8. The maximum absolute atomic E-state index is 12.4. The Morgan fingerprint density at radius 3 is 2.62 bits per heavy atom. The second-order valence-electron chi connectivity index (χ2n) is 6.36. The van der Waals surface area contributed by atoms with E-state index in [1.807, 2.05) is 18.2 Å². The molecule has 0 unspecified atom stereocenters. The summed E-state index contributed by atoms with van der Waals surface area (Å²) in [5.74, 6) is 0.0462. The molecule has 21 heavy (non-hydrogen) atoms. The minimum Gasteiger partial charge on any atom is -0.382 e. The molecule has 0 bridgehead atoms. The average Bonchev–Trinajstić information content (AvgIpc) is 3.01. The van der Waals surface area contributed by atoms with Crippen LogP contribution in [0.1, 0.15) is 49.4 Å². The van der Waals surface area contributed by atoms with Crippen molar-refractivity contribution in [2.75, 3.05) is 30.3 Å². The van der Waals surface area contributed by atoms with E-state index in [9.17, 15) is 4.79 Å². The Labute approximate surface area is 126 Å². The third kappa shape index (κ3) is 2.99. The predicted octanol–water partition coefficient (Wildman–Crippen LogP) is 3.22. The zero-order valence-electron chi connectivity index (χ0n) is 12.8. The van der Waals surface area contributed by atoms with Crippen molar-refractivity contribution in [1.82, 2.24) is 5.32 Å². The van der Waals surface area contributed by atoms with Gasteiger partial charge in [-0.05, 0) is 42.9 Å². The fourth-order valence-corrected chi connectivity index (χ4v) is 3.53. The molecular formula is C17H25N3O. The molecule has 2 aliphatic rings. The van der Waals surface area contributed by atoms with E-state index in [1.165, 1.54) is 25.7 Å². The number of amides is 1. The highest BCUT2D eigenvalue weighted by atomic mass is 16.1. The van der Waals surface area contributed by atoms with Gasteiger partial charge in [0.1, 0.15) is 0 Å². The molecule has 3 N–H and O–H groups in total. The third-order valence-electron chi connectivity index (χ3n) is 5.08. The molecule has 0 aromatic heterocycles. The lowest BCUT2D eigenvalue weighted by Gasteiger charge is -2.27. The second-order valence-corrected chi connectivity index (χ2v) is 6.36. The number of carbonyl (C=O) groups excluding carboxylic acids is 1. The first-order chi connectivity index (χ1) is 10.2. The number of carbonyl (C=O) groups is 1. The van der Waals surface area contributed by atoms with Gasteiger partial charge < -0.3 is 16.0 Å². The third-order valence-corrected chi connectivity index (χ3v) is 5.08. The summed E-state index contributed by atoms with van der Waals surface area (Å²) in [5.41, 5.74) is 3.19. The zero-order chi connectivity index (χ0) is 14.7. The molecule has 4 nitrogen and oxygen atoms in total. The molecule has 3 rings (SSSR count). The Kier molecular flexibility index (Phi) is 4.04. The maximum Gasteiger partial charge on any atom is 0.251 e. The van der Waals surface area contributed by atoms with Crippen LogP contribution in [-0.2, 0) is 0 Å². The number of fused-ring (bicyclic) bond motifs is 1. The summed E-state index contributed by atoms with van der Waals surface area (Å²) in [7, 11) is 0. The second kappa shape index (κ2) is 5.96. The number of benzene rings is 1. The lowest BCUT2D eigenvalue weighted by molar-refractivity contribution is 0.0929. The molecule has 1 aromatic carbocycles. The molecule has 4 heteroatoms. The standard InChI is InChI=1S/C17H25N3O/c1-2-17(7-3-4-8-17)12-20-16(21)13-5-6-14-15(11-13)19-10-9-18-14/h5-6,11,18-19H,2-4,7-10,12H2,1H3,(H,20,21). The van der Waals surface area contributed by atoms with Gasteiger partial charge in [0, 0.05) is 25.2 Å². The van der Waals surface area contributed by atoms with Crippen LogP contribution in [0.4, 0.5) is 11.4 Å². The van der Waals surface area contributed by atoms with Crippen molar-refractivity contribution in [3.8, 4) is 0 Å². The van der Waals surface area contributed by atoms with Gasteiger partial charge in [0.2, 0.25) is 0 Å². The van der Waals surface area contributed by atoms with Crippen molar-refractivity contribution in [1.29, 1.82) is 0 Å². The number of nitrogens with one attached hydrogen (secondary N) is 3. The largest absolute Gasteiger partial charge is 0.382 e. The lowest BCUT2D eigenvalue weighted by atomic mass is 9.83. The van der Waals surface area contributed by atoms with E-state index >= 15 is 0 Å². The summed E-state index contributed by atoms with van der Waals surface area (Å²) in [6.07, 6.45) is 6.26. The highest BCUT2D eigenvalue weighted by molar-refractivity contribution is 5.96. The molecule has 1 aliphatic heterocycles. The Morgan fingerprint density at radius 1 is 1.19 bits per heavy atom. The van der Waals surface area contributed by atoms with Crippen LogP contribution in [0.25, 0.3) is 0 Å². The van der Waals surface area contributed by atoms with E-state index in [2.05, 4.69) is 22.9 Å². The van der Waals surface area contributed by atoms with Crippen LogP contribution >= 0.6 is 0 Å². The SMILES string of the molecule is CCC1(CNC(=O)c2ccc3c(c2)NCCN3)CCCC1. The fourth-order valence-electron chi connectivity index (χ4n) is 3.53. The van der Waals surface area contributed by atoms with Crippen LogP contribution in [0.3, 0.4) is 0 Å². The Bertz CT molecular complexity index is 521. The number of anilines is 2. The van der Waals surface area contributed by atoms with Gasteiger partial charge in [-0.2, -0.15) is 0 Å². The van der Waals surface area contributed by atoms with Gasteiger partial charge >= 0.3 is 0 Å². The van der Waals surface area contributed by atoms with Crippen molar-refractivity contribution in [3.63, 3.8) is 0 Å². The maximum atomic E-state index is 12.4. The Morgan fingerprint density at radius 2 is 1.90 bits per heavy atom.